The number of ether oxygens (including phenoxy) is 1. The minimum atomic E-state index is -1.17. The van der Waals surface area contributed by atoms with Crippen LogP contribution < -0.4 is 0 Å². The van der Waals surface area contributed by atoms with Gasteiger partial charge in [0.1, 0.15) is 0 Å². The highest BCUT2D eigenvalue weighted by Gasteiger charge is 2.76. The quantitative estimate of drug-likeness (QED) is 0.404. The fourth-order valence-electron chi connectivity index (χ4n) is 12.7. The Morgan fingerprint density at radius 2 is 1.54 bits per heavy atom. The summed E-state index contributed by atoms with van der Waals surface area (Å²) in [6.07, 6.45) is 11.2. The van der Waals surface area contributed by atoms with E-state index < -0.39 is 23.3 Å². The normalized spacial score (nSPS) is 60.6. The van der Waals surface area contributed by atoms with Gasteiger partial charge in [0.15, 0.2) is 5.79 Å². The number of aliphatic hydroxyl groups excluding tert-OH is 1. The second kappa shape index (κ2) is 7.75. The van der Waals surface area contributed by atoms with Crippen LogP contribution in [0.3, 0.4) is 0 Å². The molecule has 0 aromatic rings. The van der Waals surface area contributed by atoms with Crippen molar-refractivity contribution in [2.75, 3.05) is 6.61 Å². The lowest BCUT2D eigenvalue weighted by Gasteiger charge is -2.75. The van der Waals surface area contributed by atoms with Crippen molar-refractivity contribution in [2.24, 2.45) is 56.2 Å². The highest BCUT2D eigenvalue weighted by Crippen LogP contribution is 2.79. The molecule has 5 aliphatic carbocycles. The van der Waals surface area contributed by atoms with Crippen LogP contribution >= 0.6 is 0 Å². The van der Waals surface area contributed by atoms with Crippen LogP contribution in [0, 0.1) is 56.2 Å². The summed E-state index contributed by atoms with van der Waals surface area (Å²) in [4.78, 5) is 12.4. The van der Waals surface area contributed by atoms with Crippen LogP contribution in [-0.4, -0.2) is 39.8 Å². The van der Waals surface area contributed by atoms with Gasteiger partial charge in [-0.05, 0) is 111 Å². The molecule has 1 saturated heterocycles. The lowest BCUT2D eigenvalue weighted by atomic mass is 9.29. The summed E-state index contributed by atoms with van der Waals surface area (Å²) in [6.45, 7) is 14.8. The molecule has 1 heterocycles. The molecule has 6 fully saturated rings. The average Bonchev–Trinajstić information content (AvgIpc) is 3.00. The molecule has 37 heavy (non-hydrogen) atoms. The molecule has 6 rings (SSSR count). The molecule has 12 atom stereocenters. The third-order valence-corrected chi connectivity index (χ3v) is 14.8. The third kappa shape index (κ3) is 3.06. The molecule has 0 aromatic heterocycles. The summed E-state index contributed by atoms with van der Waals surface area (Å²) in [5.41, 5.74) is -0.309. The maximum absolute atomic E-state index is 12.4. The largest absolute Gasteiger partial charge is 0.481 e. The number of rotatable bonds is 3. The molecule has 210 valence electrons. The smallest absolute Gasteiger partial charge is 0.309 e. The SMILES string of the molecule is CCC[C@@H]1[C@@]23CC[C@H]4[C@@](C)(CC[C@@]5(C)[C@@H]6C[C@](C)(C(=O)O)CC[C@]6(C)CC[C@]45C)[C@@H]2[C@@H](O)C[C@]1(O)OC3. The summed E-state index contributed by atoms with van der Waals surface area (Å²) in [5, 5.41) is 33.4. The first-order valence-electron chi connectivity index (χ1n) is 15.4. The maximum atomic E-state index is 12.4. The number of aliphatic carboxylic acids is 1. The number of carbonyl (C=O) groups is 1. The second-order valence-electron chi connectivity index (χ2n) is 16.2. The van der Waals surface area contributed by atoms with Crippen molar-refractivity contribution in [1.29, 1.82) is 0 Å². The molecular formula is C32H52O5. The zero-order chi connectivity index (χ0) is 26.9. The van der Waals surface area contributed by atoms with Crippen LogP contribution in [-0.2, 0) is 9.53 Å². The van der Waals surface area contributed by atoms with Crippen LogP contribution in [0.1, 0.15) is 119 Å². The Morgan fingerprint density at radius 3 is 2.22 bits per heavy atom. The molecule has 0 radical (unpaired) electrons. The summed E-state index contributed by atoms with van der Waals surface area (Å²) >= 11 is 0. The van der Waals surface area contributed by atoms with Crippen molar-refractivity contribution in [3.05, 3.63) is 0 Å². The summed E-state index contributed by atoms with van der Waals surface area (Å²) in [7, 11) is 0. The van der Waals surface area contributed by atoms with Crippen molar-refractivity contribution in [3.63, 3.8) is 0 Å². The molecule has 0 amide bonds. The van der Waals surface area contributed by atoms with Crippen molar-refractivity contribution in [3.8, 4) is 0 Å². The van der Waals surface area contributed by atoms with Gasteiger partial charge in [-0.1, -0.05) is 41.0 Å². The Labute approximate surface area is 224 Å². The lowest BCUT2D eigenvalue weighted by molar-refractivity contribution is -0.288. The first-order chi connectivity index (χ1) is 17.1. The monoisotopic (exact) mass is 516 g/mol. The molecule has 0 unspecified atom stereocenters. The Kier molecular flexibility index (Phi) is 5.57. The molecule has 3 N–H and O–H groups in total. The molecule has 2 bridgehead atoms. The van der Waals surface area contributed by atoms with E-state index in [-0.39, 0.29) is 38.9 Å². The van der Waals surface area contributed by atoms with Gasteiger partial charge in [-0.25, -0.2) is 0 Å². The van der Waals surface area contributed by atoms with E-state index in [9.17, 15) is 20.1 Å². The van der Waals surface area contributed by atoms with E-state index in [1.54, 1.807) is 0 Å². The molecular weight excluding hydrogens is 464 g/mol. The molecule has 6 aliphatic rings. The van der Waals surface area contributed by atoms with E-state index in [4.69, 9.17) is 4.74 Å². The molecule has 5 saturated carbocycles. The van der Waals surface area contributed by atoms with Crippen molar-refractivity contribution >= 4 is 5.97 Å². The van der Waals surface area contributed by atoms with Crippen LogP contribution in [0.2, 0.25) is 0 Å². The van der Waals surface area contributed by atoms with Crippen LogP contribution in [0.25, 0.3) is 0 Å². The van der Waals surface area contributed by atoms with Crippen molar-refractivity contribution in [2.45, 2.75) is 130 Å². The topological polar surface area (TPSA) is 87.0 Å². The number of fused-ring (bicyclic) bond motifs is 7. The lowest BCUT2D eigenvalue weighted by Crippen LogP contribution is -2.70. The number of aliphatic hydroxyl groups is 2. The third-order valence-electron chi connectivity index (χ3n) is 14.8. The van der Waals surface area contributed by atoms with E-state index in [0.717, 1.165) is 57.8 Å². The zero-order valence-electron chi connectivity index (χ0n) is 24.2. The van der Waals surface area contributed by atoms with E-state index >= 15 is 0 Å². The summed E-state index contributed by atoms with van der Waals surface area (Å²) in [5.74, 6) is -0.603. The predicted octanol–water partition coefficient (Wildman–Crippen LogP) is 6.40. The number of carboxylic acids is 1. The molecule has 0 aromatic carbocycles. The van der Waals surface area contributed by atoms with Gasteiger partial charge in [-0.15, -0.1) is 0 Å². The Bertz CT molecular complexity index is 982. The van der Waals surface area contributed by atoms with Crippen LogP contribution in [0.15, 0.2) is 0 Å². The van der Waals surface area contributed by atoms with Gasteiger partial charge in [-0.2, -0.15) is 0 Å². The molecule has 5 nitrogen and oxygen atoms in total. The first kappa shape index (κ1) is 26.6. The summed E-state index contributed by atoms with van der Waals surface area (Å²) < 4.78 is 6.21. The average molecular weight is 517 g/mol. The Balaban J connectivity index is 1.40. The Hall–Kier alpha value is -0.650. The van der Waals surface area contributed by atoms with E-state index in [2.05, 4.69) is 34.6 Å². The number of hydrogen-bond acceptors (Lipinski definition) is 4. The first-order valence-corrected chi connectivity index (χ1v) is 15.4. The van der Waals surface area contributed by atoms with Crippen molar-refractivity contribution in [1.82, 2.24) is 0 Å². The minimum absolute atomic E-state index is 0.00541. The second-order valence-corrected chi connectivity index (χ2v) is 16.2. The van der Waals surface area contributed by atoms with Crippen LogP contribution in [0.5, 0.6) is 0 Å². The summed E-state index contributed by atoms with van der Waals surface area (Å²) in [6, 6.07) is 0. The predicted molar refractivity (Wildman–Crippen MR) is 143 cm³/mol. The van der Waals surface area contributed by atoms with Gasteiger partial charge in [0.05, 0.1) is 18.1 Å². The van der Waals surface area contributed by atoms with Gasteiger partial charge in [-0.3, -0.25) is 4.79 Å². The van der Waals surface area contributed by atoms with E-state index in [1.165, 1.54) is 12.8 Å². The van der Waals surface area contributed by atoms with Crippen molar-refractivity contribution < 1.29 is 24.9 Å². The van der Waals surface area contributed by atoms with Gasteiger partial charge >= 0.3 is 5.97 Å². The highest BCUT2D eigenvalue weighted by atomic mass is 16.6. The minimum Gasteiger partial charge on any atom is -0.481 e. The van der Waals surface area contributed by atoms with Gasteiger partial charge in [0.25, 0.3) is 0 Å². The maximum Gasteiger partial charge on any atom is 0.309 e. The molecule has 1 aliphatic heterocycles. The van der Waals surface area contributed by atoms with Gasteiger partial charge < -0.3 is 20.1 Å². The fourth-order valence-corrected chi connectivity index (χ4v) is 12.7. The number of carboxylic acid groups (broad SMARTS) is 1. The number of hydrogen-bond donors (Lipinski definition) is 3. The fraction of sp³-hybridized carbons (Fsp3) is 0.969. The van der Waals surface area contributed by atoms with E-state index in [1.807, 2.05) is 6.92 Å². The molecule has 1 spiro atoms. The van der Waals surface area contributed by atoms with Gasteiger partial charge in [0, 0.05) is 17.8 Å². The van der Waals surface area contributed by atoms with Crippen LogP contribution in [0.4, 0.5) is 0 Å². The Morgan fingerprint density at radius 1 is 0.892 bits per heavy atom. The highest BCUT2D eigenvalue weighted by molar-refractivity contribution is 5.74. The van der Waals surface area contributed by atoms with Gasteiger partial charge in [0.2, 0.25) is 0 Å². The zero-order valence-corrected chi connectivity index (χ0v) is 24.2. The standard InChI is InChI=1S/C32H52O5/c1-7-8-22-31-10-9-21-28(4,24(31)20(33)17-32(22,36)37-19-31)14-16-30(6)23-18-27(3,25(34)35)12-11-26(23,2)13-15-29(21,30)5/h20-24,33,36H,7-19H2,1-6H3,(H,34,35)/t20-,21-,22+,23+,24-,26+,27+,28+,29+,30-,31-,32-/m0/s1. The molecule has 5 heteroatoms. The van der Waals surface area contributed by atoms with E-state index in [0.29, 0.717) is 24.9 Å².